The average molecular weight is 498 g/mol. The van der Waals surface area contributed by atoms with Gasteiger partial charge in [0.05, 0.1) is 40.9 Å². The number of aromatic nitrogens is 2. The smallest absolute Gasteiger partial charge is 0.255 e. The van der Waals surface area contributed by atoms with E-state index in [4.69, 9.17) is 4.74 Å². The molecule has 190 valence electrons. The van der Waals surface area contributed by atoms with Crippen molar-refractivity contribution in [1.82, 2.24) is 15.3 Å². The van der Waals surface area contributed by atoms with Gasteiger partial charge in [-0.15, -0.1) is 0 Å². The van der Waals surface area contributed by atoms with Gasteiger partial charge in [-0.05, 0) is 67.1 Å². The SMILES string of the molecule is Cc1ncc(NC(=O)c2cc(C#N)cc(C(C)(C)C)c2)cc1-c1ccc(C(=O)NCC2CCCO2)cn1. The van der Waals surface area contributed by atoms with Crippen LogP contribution in [0.15, 0.2) is 48.8 Å². The summed E-state index contributed by atoms with van der Waals surface area (Å²) < 4.78 is 5.55. The Balaban J connectivity index is 1.50. The molecular formula is C29H31N5O3. The standard InChI is InChI=1S/C29H31N5O3/c1-18-25(26-8-7-20(15-32-26)27(35)33-17-24-6-5-9-37-24)13-23(16-31-18)34-28(36)21-10-19(14-30)11-22(12-21)29(2,3)4/h7-8,10-13,15-16,24H,5-6,9,17H2,1-4H3,(H,33,35)(H,34,36). The average Bonchev–Trinajstić information content (AvgIpc) is 3.41. The van der Waals surface area contributed by atoms with Crippen LogP contribution in [-0.4, -0.2) is 41.0 Å². The van der Waals surface area contributed by atoms with E-state index in [2.05, 4.69) is 26.7 Å². The first-order valence-corrected chi connectivity index (χ1v) is 12.3. The number of carbonyl (C=O) groups excluding carboxylic acids is 2. The Hall–Kier alpha value is -4.09. The Morgan fingerprint density at radius 2 is 1.89 bits per heavy atom. The van der Waals surface area contributed by atoms with Crippen molar-refractivity contribution in [1.29, 1.82) is 5.26 Å². The van der Waals surface area contributed by atoms with Crippen molar-refractivity contribution < 1.29 is 14.3 Å². The second-order valence-electron chi connectivity index (χ2n) is 10.2. The lowest BCUT2D eigenvalue weighted by Crippen LogP contribution is -2.31. The fourth-order valence-electron chi connectivity index (χ4n) is 4.12. The third-order valence-electron chi connectivity index (χ3n) is 6.35. The Labute approximate surface area is 217 Å². The highest BCUT2D eigenvalue weighted by molar-refractivity contribution is 6.05. The number of pyridine rings is 2. The van der Waals surface area contributed by atoms with Crippen molar-refractivity contribution in [3.8, 4) is 17.3 Å². The number of nitriles is 1. The van der Waals surface area contributed by atoms with E-state index in [1.807, 2.05) is 33.8 Å². The molecule has 0 radical (unpaired) electrons. The van der Waals surface area contributed by atoms with Gasteiger partial charge in [0.25, 0.3) is 11.8 Å². The first kappa shape index (κ1) is 26.0. The number of rotatable bonds is 6. The number of aryl methyl sites for hydroxylation is 1. The monoisotopic (exact) mass is 497 g/mol. The number of benzene rings is 1. The van der Waals surface area contributed by atoms with E-state index in [9.17, 15) is 14.9 Å². The maximum atomic E-state index is 13.1. The van der Waals surface area contributed by atoms with E-state index < -0.39 is 0 Å². The van der Waals surface area contributed by atoms with E-state index in [1.54, 1.807) is 36.5 Å². The quantitative estimate of drug-likeness (QED) is 0.506. The Morgan fingerprint density at radius 1 is 1.08 bits per heavy atom. The van der Waals surface area contributed by atoms with Crippen LogP contribution < -0.4 is 10.6 Å². The van der Waals surface area contributed by atoms with Crippen molar-refractivity contribution in [2.24, 2.45) is 0 Å². The topological polar surface area (TPSA) is 117 Å². The largest absolute Gasteiger partial charge is 0.376 e. The third kappa shape index (κ3) is 6.38. The molecule has 2 N–H and O–H groups in total. The normalized spacial score (nSPS) is 15.2. The van der Waals surface area contributed by atoms with Crippen LogP contribution in [0.25, 0.3) is 11.3 Å². The first-order chi connectivity index (χ1) is 17.6. The molecule has 1 atom stereocenters. The molecule has 0 saturated carbocycles. The molecule has 8 heteroatoms. The van der Waals surface area contributed by atoms with Crippen molar-refractivity contribution in [2.75, 3.05) is 18.5 Å². The summed E-state index contributed by atoms with van der Waals surface area (Å²) in [5.41, 5.74) is 4.62. The van der Waals surface area contributed by atoms with Gasteiger partial charge in [-0.25, -0.2) is 0 Å². The molecule has 3 aromatic rings. The van der Waals surface area contributed by atoms with Crippen LogP contribution in [0.3, 0.4) is 0 Å². The van der Waals surface area contributed by atoms with Gasteiger partial charge in [0.1, 0.15) is 0 Å². The molecule has 1 unspecified atom stereocenters. The fraction of sp³-hybridized carbons (Fsp3) is 0.345. The van der Waals surface area contributed by atoms with E-state index >= 15 is 0 Å². The number of anilines is 1. The zero-order valence-corrected chi connectivity index (χ0v) is 21.6. The highest BCUT2D eigenvalue weighted by atomic mass is 16.5. The number of hydrogen-bond acceptors (Lipinski definition) is 6. The van der Waals surface area contributed by atoms with Crippen LogP contribution in [0.1, 0.15) is 71.1 Å². The second kappa shape index (κ2) is 10.9. The van der Waals surface area contributed by atoms with E-state index in [1.165, 1.54) is 6.20 Å². The summed E-state index contributed by atoms with van der Waals surface area (Å²) in [5.74, 6) is -0.523. The van der Waals surface area contributed by atoms with Gasteiger partial charge < -0.3 is 15.4 Å². The minimum Gasteiger partial charge on any atom is -0.376 e. The molecule has 1 fully saturated rings. The van der Waals surface area contributed by atoms with Gasteiger partial charge in [-0.2, -0.15) is 5.26 Å². The van der Waals surface area contributed by atoms with Gasteiger partial charge >= 0.3 is 0 Å². The predicted octanol–water partition coefficient (Wildman–Crippen LogP) is 4.78. The summed E-state index contributed by atoms with van der Waals surface area (Å²) in [5, 5.41) is 15.2. The summed E-state index contributed by atoms with van der Waals surface area (Å²) in [4.78, 5) is 34.4. The molecule has 1 aliphatic rings. The summed E-state index contributed by atoms with van der Waals surface area (Å²) in [7, 11) is 0. The minimum absolute atomic E-state index is 0.0743. The molecule has 1 aromatic carbocycles. The number of nitrogens with zero attached hydrogens (tertiary/aromatic N) is 3. The van der Waals surface area contributed by atoms with Crippen LogP contribution in [-0.2, 0) is 10.2 Å². The van der Waals surface area contributed by atoms with Crippen LogP contribution >= 0.6 is 0 Å². The Bertz CT molecular complexity index is 1350. The summed E-state index contributed by atoms with van der Waals surface area (Å²) in [6, 6.07) is 12.6. The molecular weight excluding hydrogens is 466 g/mol. The van der Waals surface area contributed by atoms with Crippen molar-refractivity contribution in [3.63, 3.8) is 0 Å². The second-order valence-corrected chi connectivity index (χ2v) is 10.2. The lowest BCUT2D eigenvalue weighted by molar-refractivity contribution is 0.0857. The van der Waals surface area contributed by atoms with Crippen molar-refractivity contribution in [3.05, 3.63) is 76.7 Å². The number of hydrogen-bond donors (Lipinski definition) is 2. The van der Waals surface area contributed by atoms with Gasteiger partial charge in [-0.3, -0.25) is 19.6 Å². The van der Waals surface area contributed by atoms with E-state index in [0.717, 1.165) is 36.3 Å². The molecule has 0 spiro atoms. The molecule has 1 saturated heterocycles. The molecule has 0 bridgehead atoms. The van der Waals surface area contributed by atoms with Crippen LogP contribution in [0, 0.1) is 18.3 Å². The zero-order chi connectivity index (χ0) is 26.6. The molecule has 2 amide bonds. The Morgan fingerprint density at radius 3 is 2.54 bits per heavy atom. The molecule has 2 aromatic heterocycles. The van der Waals surface area contributed by atoms with Crippen molar-refractivity contribution >= 4 is 17.5 Å². The van der Waals surface area contributed by atoms with Crippen LogP contribution in [0.2, 0.25) is 0 Å². The minimum atomic E-state index is -0.328. The Kier molecular flexibility index (Phi) is 7.65. The molecule has 8 nitrogen and oxygen atoms in total. The third-order valence-corrected chi connectivity index (χ3v) is 6.35. The van der Waals surface area contributed by atoms with E-state index in [-0.39, 0.29) is 23.3 Å². The van der Waals surface area contributed by atoms with Gasteiger partial charge in [0.2, 0.25) is 0 Å². The van der Waals surface area contributed by atoms with Gasteiger partial charge in [0.15, 0.2) is 0 Å². The number of carbonyl (C=O) groups is 2. The number of ether oxygens (including phenoxy) is 1. The first-order valence-electron chi connectivity index (χ1n) is 12.3. The maximum absolute atomic E-state index is 13.1. The fourth-order valence-corrected chi connectivity index (χ4v) is 4.12. The number of amides is 2. The highest BCUT2D eigenvalue weighted by Gasteiger charge is 2.19. The van der Waals surface area contributed by atoms with Gasteiger partial charge in [0, 0.05) is 36.2 Å². The summed E-state index contributed by atoms with van der Waals surface area (Å²) >= 11 is 0. The molecule has 3 heterocycles. The highest BCUT2D eigenvalue weighted by Crippen LogP contribution is 2.26. The zero-order valence-electron chi connectivity index (χ0n) is 21.6. The summed E-state index contributed by atoms with van der Waals surface area (Å²) in [6.07, 6.45) is 5.17. The lowest BCUT2D eigenvalue weighted by atomic mass is 9.85. The molecule has 0 aliphatic carbocycles. The molecule has 37 heavy (non-hydrogen) atoms. The van der Waals surface area contributed by atoms with Crippen LogP contribution in [0.5, 0.6) is 0 Å². The molecule has 1 aliphatic heterocycles. The predicted molar refractivity (Wildman–Crippen MR) is 141 cm³/mol. The van der Waals surface area contributed by atoms with E-state index in [0.29, 0.717) is 34.6 Å². The van der Waals surface area contributed by atoms with Gasteiger partial charge in [-0.1, -0.05) is 20.8 Å². The lowest BCUT2D eigenvalue weighted by Gasteiger charge is -2.20. The van der Waals surface area contributed by atoms with Crippen molar-refractivity contribution in [2.45, 2.75) is 52.1 Å². The molecule has 4 rings (SSSR count). The summed E-state index contributed by atoms with van der Waals surface area (Å²) in [6.45, 7) is 9.19. The maximum Gasteiger partial charge on any atom is 0.255 e. The number of nitrogens with one attached hydrogen (secondary N) is 2. The van der Waals surface area contributed by atoms with Crippen LogP contribution in [0.4, 0.5) is 5.69 Å².